The van der Waals surface area contributed by atoms with E-state index >= 15 is 0 Å². The van der Waals surface area contributed by atoms with Crippen LogP contribution >= 0.6 is 15.9 Å². The van der Waals surface area contributed by atoms with Gasteiger partial charge in [-0.15, -0.1) is 0 Å². The Balaban J connectivity index is 2.31. The second kappa shape index (κ2) is 4.89. The lowest BCUT2D eigenvalue weighted by atomic mass is 10.1. The predicted octanol–water partition coefficient (Wildman–Crippen LogP) is 3.24. The molecule has 90 valence electrons. The summed E-state index contributed by atoms with van der Waals surface area (Å²) in [6, 6.07) is 7.60. The van der Waals surface area contributed by atoms with Gasteiger partial charge in [0.25, 0.3) is 0 Å². The third-order valence-corrected chi connectivity index (χ3v) is 2.86. The van der Waals surface area contributed by atoms with Crippen molar-refractivity contribution in [3.63, 3.8) is 0 Å². The van der Waals surface area contributed by atoms with Crippen molar-refractivity contribution in [1.29, 1.82) is 0 Å². The number of nitrogens with two attached hydrogens (primary N) is 1. The molecule has 0 fully saturated rings. The highest BCUT2D eigenvalue weighted by Crippen LogP contribution is 2.27. The smallest absolute Gasteiger partial charge is 0.169 e. The quantitative estimate of drug-likeness (QED) is 0.946. The molecule has 0 radical (unpaired) electrons. The van der Waals surface area contributed by atoms with E-state index in [2.05, 4.69) is 15.9 Å². The Hall–Kier alpha value is -1.33. The Morgan fingerprint density at radius 1 is 1.35 bits per heavy atom. The van der Waals surface area contributed by atoms with Gasteiger partial charge in [-0.2, -0.15) is 0 Å². The predicted molar refractivity (Wildman–Crippen MR) is 65.4 cm³/mol. The molecule has 0 bridgehead atoms. The van der Waals surface area contributed by atoms with Crippen molar-refractivity contribution in [2.24, 2.45) is 5.73 Å². The van der Waals surface area contributed by atoms with Crippen molar-refractivity contribution in [2.75, 3.05) is 7.11 Å². The zero-order valence-electron chi connectivity index (χ0n) is 9.11. The number of rotatable bonds is 3. The normalized spacial score (nSPS) is 12.5. The van der Waals surface area contributed by atoms with E-state index in [4.69, 9.17) is 14.9 Å². The highest BCUT2D eigenvalue weighted by atomic mass is 79.9. The average molecular weight is 300 g/mol. The van der Waals surface area contributed by atoms with E-state index in [0.717, 1.165) is 0 Å². The molecule has 1 atom stereocenters. The standard InChI is InChI=1S/C12H11BrFNO2/c1-16-9-3-2-7(6-8(9)14)12(15)10-4-5-11(13)17-10/h2-6,12H,15H2,1H3. The van der Waals surface area contributed by atoms with E-state index in [9.17, 15) is 4.39 Å². The van der Waals surface area contributed by atoms with Crippen LogP contribution in [0.4, 0.5) is 4.39 Å². The number of benzene rings is 1. The Kier molecular flexibility index (Phi) is 3.49. The molecule has 2 rings (SSSR count). The van der Waals surface area contributed by atoms with Crippen molar-refractivity contribution in [3.05, 3.63) is 52.1 Å². The summed E-state index contributed by atoms with van der Waals surface area (Å²) in [5.74, 6) is 0.328. The Labute approximate surface area is 106 Å². The molecule has 0 amide bonds. The first-order valence-corrected chi connectivity index (χ1v) is 5.75. The van der Waals surface area contributed by atoms with Crippen LogP contribution in [0.15, 0.2) is 39.4 Å². The topological polar surface area (TPSA) is 48.4 Å². The van der Waals surface area contributed by atoms with Crippen LogP contribution in [-0.2, 0) is 0 Å². The molecule has 3 nitrogen and oxygen atoms in total. The van der Waals surface area contributed by atoms with Crippen molar-refractivity contribution in [3.8, 4) is 5.75 Å². The molecule has 0 saturated carbocycles. The molecular formula is C12H11BrFNO2. The van der Waals surface area contributed by atoms with Crippen LogP contribution in [0.5, 0.6) is 5.75 Å². The zero-order valence-corrected chi connectivity index (χ0v) is 10.7. The lowest BCUT2D eigenvalue weighted by molar-refractivity contribution is 0.385. The van der Waals surface area contributed by atoms with Gasteiger partial charge in [0.05, 0.1) is 13.2 Å². The molecule has 2 aromatic rings. The van der Waals surface area contributed by atoms with Gasteiger partial charge in [0.15, 0.2) is 16.2 Å². The van der Waals surface area contributed by atoms with Crippen molar-refractivity contribution in [1.82, 2.24) is 0 Å². The van der Waals surface area contributed by atoms with Gasteiger partial charge < -0.3 is 14.9 Å². The van der Waals surface area contributed by atoms with Crippen LogP contribution in [0.3, 0.4) is 0 Å². The fourth-order valence-electron chi connectivity index (χ4n) is 1.54. The lowest BCUT2D eigenvalue weighted by Gasteiger charge is -2.10. The minimum absolute atomic E-state index is 0.196. The van der Waals surface area contributed by atoms with Crippen LogP contribution in [0.25, 0.3) is 0 Å². The van der Waals surface area contributed by atoms with Crippen LogP contribution in [0, 0.1) is 5.82 Å². The molecule has 0 aliphatic carbocycles. The van der Waals surface area contributed by atoms with Gasteiger partial charge in [-0.1, -0.05) is 6.07 Å². The van der Waals surface area contributed by atoms with Gasteiger partial charge in [0.2, 0.25) is 0 Å². The summed E-state index contributed by atoms with van der Waals surface area (Å²) in [6.45, 7) is 0. The first-order chi connectivity index (χ1) is 8.11. The fourth-order valence-corrected chi connectivity index (χ4v) is 1.85. The molecule has 0 saturated heterocycles. The van der Waals surface area contributed by atoms with E-state index < -0.39 is 11.9 Å². The second-order valence-electron chi connectivity index (χ2n) is 3.51. The summed E-state index contributed by atoms with van der Waals surface area (Å²) in [4.78, 5) is 0. The zero-order chi connectivity index (χ0) is 12.4. The third-order valence-electron chi connectivity index (χ3n) is 2.44. The van der Waals surface area contributed by atoms with Gasteiger partial charge in [-0.25, -0.2) is 4.39 Å². The maximum atomic E-state index is 13.5. The van der Waals surface area contributed by atoms with E-state index in [-0.39, 0.29) is 5.75 Å². The highest BCUT2D eigenvalue weighted by Gasteiger charge is 2.15. The summed E-state index contributed by atoms with van der Waals surface area (Å²) in [5.41, 5.74) is 6.60. The molecule has 0 spiro atoms. The summed E-state index contributed by atoms with van der Waals surface area (Å²) >= 11 is 3.19. The van der Waals surface area contributed by atoms with E-state index in [1.54, 1.807) is 24.3 Å². The van der Waals surface area contributed by atoms with Crippen molar-refractivity contribution >= 4 is 15.9 Å². The molecule has 1 heterocycles. The molecule has 1 unspecified atom stereocenters. The molecule has 0 aliphatic heterocycles. The summed E-state index contributed by atoms with van der Waals surface area (Å²) in [7, 11) is 1.42. The van der Waals surface area contributed by atoms with Gasteiger partial charge >= 0.3 is 0 Å². The van der Waals surface area contributed by atoms with Gasteiger partial charge in [0, 0.05) is 0 Å². The maximum absolute atomic E-state index is 13.5. The van der Waals surface area contributed by atoms with E-state index in [1.807, 2.05) is 0 Å². The Morgan fingerprint density at radius 3 is 2.65 bits per heavy atom. The number of methoxy groups -OCH3 is 1. The maximum Gasteiger partial charge on any atom is 0.169 e. The first kappa shape index (κ1) is 12.1. The number of halogens is 2. The number of hydrogen-bond donors (Lipinski definition) is 1. The highest BCUT2D eigenvalue weighted by molar-refractivity contribution is 9.10. The minimum atomic E-state index is -0.498. The van der Waals surface area contributed by atoms with Crippen molar-refractivity contribution in [2.45, 2.75) is 6.04 Å². The molecule has 1 aromatic carbocycles. The van der Waals surface area contributed by atoms with E-state index in [1.165, 1.54) is 13.2 Å². The first-order valence-electron chi connectivity index (χ1n) is 4.96. The summed E-state index contributed by atoms with van der Waals surface area (Å²) in [6.07, 6.45) is 0. The molecule has 17 heavy (non-hydrogen) atoms. The Morgan fingerprint density at radius 2 is 2.12 bits per heavy atom. The molecule has 1 aromatic heterocycles. The van der Waals surface area contributed by atoms with Gasteiger partial charge in [0.1, 0.15) is 5.76 Å². The SMILES string of the molecule is COc1ccc(C(N)c2ccc(Br)o2)cc1F. The molecule has 0 aliphatic rings. The van der Waals surface area contributed by atoms with Gasteiger partial charge in [-0.05, 0) is 45.8 Å². The third kappa shape index (κ3) is 2.50. The number of hydrogen-bond acceptors (Lipinski definition) is 3. The molecule has 5 heteroatoms. The minimum Gasteiger partial charge on any atom is -0.494 e. The number of ether oxygens (including phenoxy) is 1. The van der Waals surface area contributed by atoms with Crippen molar-refractivity contribution < 1.29 is 13.5 Å². The molecule has 2 N–H and O–H groups in total. The summed E-state index contributed by atoms with van der Waals surface area (Å²) < 4.78 is 24.3. The second-order valence-corrected chi connectivity index (χ2v) is 4.30. The monoisotopic (exact) mass is 299 g/mol. The fraction of sp³-hybridized carbons (Fsp3) is 0.167. The Bertz CT molecular complexity index is 527. The lowest BCUT2D eigenvalue weighted by Crippen LogP contribution is -2.11. The van der Waals surface area contributed by atoms with Crippen LogP contribution in [0.1, 0.15) is 17.4 Å². The molecular weight excluding hydrogens is 289 g/mol. The van der Waals surface area contributed by atoms with Gasteiger partial charge in [-0.3, -0.25) is 0 Å². The van der Waals surface area contributed by atoms with Crippen LogP contribution in [-0.4, -0.2) is 7.11 Å². The number of furan rings is 1. The average Bonchev–Trinajstić information content (AvgIpc) is 2.75. The van der Waals surface area contributed by atoms with Crippen LogP contribution in [0.2, 0.25) is 0 Å². The summed E-state index contributed by atoms with van der Waals surface area (Å²) in [5, 5.41) is 0. The van der Waals surface area contributed by atoms with Crippen LogP contribution < -0.4 is 10.5 Å². The van der Waals surface area contributed by atoms with E-state index in [0.29, 0.717) is 16.0 Å². The largest absolute Gasteiger partial charge is 0.494 e.